The molecule has 0 saturated heterocycles. The quantitative estimate of drug-likeness (QED) is 0.525. The van der Waals surface area contributed by atoms with Crippen LogP contribution in [0.15, 0.2) is 41.1 Å². The summed E-state index contributed by atoms with van der Waals surface area (Å²) in [6.45, 7) is 1.82. The highest BCUT2D eigenvalue weighted by atomic mass is 32.1. The molecule has 132 valence electrons. The number of thiazole rings is 1. The van der Waals surface area contributed by atoms with Crippen LogP contribution in [-0.2, 0) is 0 Å². The summed E-state index contributed by atoms with van der Waals surface area (Å²) in [5, 5.41) is 4.91. The number of pyridine rings is 2. The number of rotatable bonds is 5. The molecule has 0 bridgehead atoms. The molecule has 3 aromatic heterocycles. The summed E-state index contributed by atoms with van der Waals surface area (Å²) in [5.41, 5.74) is 6.23. The van der Waals surface area contributed by atoms with Crippen LogP contribution in [-0.4, -0.2) is 27.2 Å². The Labute approximate surface area is 151 Å². The minimum absolute atomic E-state index is 0.114. The van der Waals surface area contributed by atoms with Crippen LogP contribution in [0.3, 0.4) is 0 Å². The Balaban J connectivity index is 1.89. The van der Waals surface area contributed by atoms with E-state index in [9.17, 15) is 9.18 Å². The lowest BCUT2D eigenvalue weighted by Gasteiger charge is -2.09. The number of amides is 1. The summed E-state index contributed by atoms with van der Waals surface area (Å²) in [5.74, 6) is -0.521. The number of ether oxygens (including phenoxy) is 1. The molecule has 0 fully saturated rings. The molecule has 0 radical (unpaired) electrons. The van der Waals surface area contributed by atoms with Gasteiger partial charge in [-0.1, -0.05) is 0 Å². The zero-order valence-electron chi connectivity index (χ0n) is 13.5. The van der Waals surface area contributed by atoms with E-state index in [1.807, 2.05) is 12.3 Å². The van der Waals surface area contributed by atoms with Crippen molar-refractivity contribution in [3.05, 3.63) is 53.2 Å². The predicted molar refractivity (Wildman–Crippen MR) is 95.6 cm³/mol. The van der Waals surface area contributed by atoms with Gasteiger partial charge >= 0.3 is 0 Å². The first-order valence-electron chi connectivity index (χ1n) is 7.31. The normalized spacial score (nSPS) is 10.8. The molecule has 10 heteroatoms. The van der Waals surface area contributed by atoms with Crippen LogP contribution in [0.1, 0.15) is 16.1 Å². The molecule has 0 aliphatic rings. The standard InChI is InChI=1S/C16H13FN6O2S/c1-9-7-26-16(22-9)23-15(24)13-3-12(6-20-14(13)21-8-18)25-11-2-10(17)4-19-5-11/h2-8H,1H3,(H2,18,20,21)(H,22,23,24). The van der Waals surface area contributed by atoms with E-state index >= 15 is 0 Å². The maximum absolute atomic E-state index is 13.2. The molecule has 3 heterocycles. The van der Waals surface area contributed by atoms with Crippen molar-refractivity contribution in [1.29, 1.82) is 0 Å². The summed E-state index contributed by atoms with van der Waals surface area (Å²) in [6, 6.07) is 2.59. The number of anilines is 1. The van der Waals surface area contributed by atoms with Gasteiger partial charge in [-0.25, -0.2) is 19.4 Å². The van der Waals surface area contributed by atoms with Crippen LogP contribution in [0.2, 0.25) is 0 Å². The fourth-order valence-electron chi connectivity index (χ4n) is 1.99. The van der Waals surface area contributed by atoms with Crippen LogP contribution >= 0.6 is 11.3 Å². The highest BCUT2D eigenvalue weighted by Gasteiger charge is 2.16. The molecule has 3 rings (SSSR count). The van der Waals surface area contributed by atoms with Gasteiger partial charge in [0.1, 0.15) is 17.3 Å². The first-order valence-corrected chi connectivity index (χ1v) is 8.19. The smallest absolute Gasteiger partial charge is 0.261 e. The second-order valence-electron chi connectivity index (χ2n) is 5.01. The first kappa shape index (κ1) is 17.4. The Morgan fingerprint density at radius 3 is 2.85 bits per heavy atom. The summed E-state index contributed by atoms with van der Waals surface area (Å²) in [6.07, 6.45) is 4.77. The van der Waals surface area contributed by atoms with Gasteiger partial charge in [0.15, 0.2) is 10.9 Å². The van der Waals surface area contributed by atoms with Crippen molar-refractivity contribution in [3.8, 4) is 11.5 Å². The van der Waals surface area contributed by atoms with Crippen molar-refractivity contribution < 1.29 is 13.9 Å². The summed E-state index contributed by atoms with van der Waals surface area (Å²) >= 11 is 1.29. The highest BCUT2D eigenvalue weighted by Crippen LogP contribution is 2.27. The van der Waals surface area contributed by atoms with E-state index in [2.05, 4.69) is 25.3 Å². The third-order valence-corrected chi connectivity index (χ3v) is 3.91. The van der Waals surface area contributed by atoms with Gasteiger partial charge < -0.3 is 10.5 Å². The molecule has 0 saturated carbocycles. The van der Waals surface area contributed by atoms with Gasteiger partial charge in [0.05, 0.1) is 36.2 Å². The van der Waals surface area contributed by atoms with E-state index in [0.29, 0.717) is 5.13 Å². The molecule has 3 N–H and O–H groups in total. The molecular weight excluding hydrogens is 359 g/mol. The number of aryl methyl sites for hydroxylation is 1. The number of hydrogen-bond donors (Lipinski definition) is 2. The van der Waals surface area contributed by atoms with Crippen LogP contribution in [0.4, 0.5) is 15.3 Å². The van der Waals surface area contributed by atoms with Crippen LogP contribution in [0.25, 0.3) is 0 Å². The van der Waals surface area contributed by atoms with Gasteiger partial charge in [0.25, 0.3) is 5.91 Å². The SMILES string of the molecule is Cc1csc(NC(=O)c2cc(Oc3cncc(F)c3)cnc2/N=C\N)n1. The summed E-state index contributed by atoms with van der Waals surface area (Å²) in [4.78, 5) is 28.4. The molecule has 0 atom stereocenters. The van der Waals surface area contributed by atoms with E-state index in [-0.39, 0.29) is 22.9 Å². The second kappa shape index (κ2) is 7.66. The van der Waals surface area contributed by atoms with Crippen LogP contribution in [0.5, 0.6) is 11.5 Å². The first-order chi connectivity index (χ1) is 12.5. The molecule has 0 aliphatic carbocycles. The van der Waals surface area contributed by atoms with Crippen molar-refractivity contribution in [1.82, 2.24) is 15.0 Å². The lowest BCUT2D eigenvalue weighted by Crippen LogP contribution is -2.13. The molecule has 0 aliphatic heterocycles. The van der Waals surface area contributed by atoms with E-state index in [4.69, 9.17) is 10.5 Å². The second-order valence-corrected chi connectivity index (χ2v) is 5.87. The lowest BCUT2D eigenvalue weighted by atomic mass is 10.2. The molecule has 1 amide bonds. The average Bonchev–Trinajstić information content (AvgIpc) is 3.01. The monoisotopic (exact) mass is 372 g/mol. The summed E-state index contributed by atoms with van der Waals surface area (Å²) in [7, 11) is 0. The molecular formula is C16H13FN6O2S. The number of carbonyl (C=O) groups excluding carboxylic acids is 1. The molecule has 8 nitrogen and oxygen atoms in total. The fourth-order valence-corrected chi connectivity index (χ4v) is 2.68. The maximum atomic E-state index is 13.2. The van der Waals surface area contributed by atoms with Gasteiger partial charge in [-0.15, -0.1) is 11.3 Å². The highest BCUT2D eigenvalue weighted by molar-refractivity contribution is 7.13. The lowest BCUT2D eigenvalue weighted by molar-refractivity contribution is 0.102. The topological polar surface area (TPSA) is 115 Å². The largest absolute Gasteiger partial charge is 0.454 e. The van der Waals surface area contributed by atoms with E-state index in [1.165, 1.54) is 29.8 Å². The van der Waals surface area contributed by atoms with Crippen molar-refractivity contribution in [2.45, 2.75) is 6.92 Å². The number of aromatic nitrogens is 3. The van der Waals surface area contributed by atoms with Crippen molar-refractivity contribution in [2.24, 2.45) is 10.7 Å². The number of nitrogens with zero attached hydrogens (tertiary/aromatic N) is 4. The minimum atomic E-state index is -0.545. The zero-order valence-corrected chi connectivity index (χ0v) is 14.3. The average molecular weight is 372 g/mol. The Bertz CT molecular complexity index is 975. The van der Waals surface area contributed by atoms with Gasteiger partial charge in [0, 0.05) is 11.4 Å². The van der Waals surface area contributed by atoms with Gasteiger partial charge in [0.2, 0.25) is 0 Å². The van der Waals surface area contributed by atoms with E-state index < -0.39 is 11.7 Å². The van der Waals surface area contributed by atoms with Crippen molar-refractivity contribution >= 4 is 34.5 Å². The van der Waals surface area contributed by atoms with Crippen LogP contribution in [0, 0.1) is 12.7 Å². The van der Waals surface area contributed by atoms with Gasteiger partial charge in [-0.2, -0.15) is 0 Å². The molecule has 26 heavy (non-hydrogen) atoms. The Kier molecular flexibility index (Phi) is 5.13. The zero-order chi connectivity index (χ0) is 18.5. The predicted octanol–water partition coefficient (Wildman–Crippen LogP) is 3.04. The number of nitrogens with two attached hydrogens (primary N) is 1. The Morgan fingerprint density at radius 2 is 2.15 bits per heavy atom. The maximum Gasteiger partial charge on any atom is 0.261 e. The van der Waals surface area contributed by atoms with Crippen molar-refractivity contribution in [3.63, 3.8) is 0 Å². The Morgan fingerprint density at radius 1 is 1.35 bits per heavy atom. The number of aliphatic imine (C=N–C) groups is 1. The van der Waals surface area contributed by atoms with E-state index in [0.717, 1.165) is 24.3 Å². The van der Waals surface area contributed by atoms with E-state index in [1.54, 1.807) is 0 Å². The molecule has 3 aromatic rings. The fraction of sp³-hybridized carbons (Fsp3) is 0.0625. The third kappa shape index (κ3) is 4.16. The number of carbonyl (C=O) groups is 1. The number of nitrogens with one attached hydrogen (secondary N) is 1. The Hall–Kier alpha value is -3.40. The number of halogens is 1. The van der Waals surface area contributed by atoms with Gasteiger partial charge in [-0.05, 0) is 13.0 Å². The third-order valence-electron chi connectivity index (χ3n) is 3.04. The van der Waals surface area contributed by atoms with Crippen molar-refractivity contribution in [2.75, 3.05) is 5.32 Å². The molecule has 0 aromatic carbocycles. The molecule has 0 spiro atoms. The number of hydrogen-bond acceptors (Lipinski definition) is 7. The van der Waals surface area contributed by atoms with Gasteiger partial charge in [-0.3, -0.25) is 15.1 Å². The van der Waals surface area contributed by atoms with Crippen LogP contribution < -0.4 is 15.8 Å². The minimum Gasteiger partial charge on any atom is -0.454 e. The molecule has 0 unspecified atom stereocenters. The summed E-state index contributed by atoms with van der Waals surface area (Å²) < 4.78 is 18.7.